The van der Waals surface area contributed by atoms with Crippen molar-refractivity contribution in [2.45, 2.75) is 4.90 Å². The molecule has 9 nitrogen and oxygen atoms in total. The summed E-state index contributed by atoms with van der Waals surface area (Å²) in [4.78, 5) is 34.3. The van der Waals surface area contributed by atoms with Crippen LogP contribution in [0.4, 0.5) is 5.69 Å². The molecular formula is C19H11N3O6S. The second-order valence-electron chi connectivity index (χ2n) is 6.10. The Balaban J connectivity index is 1.94. The number of carbonyl (C=O) groups excluding carboxylic acids is 2. The van der Waals surface area contributed by atoms with Gasteiger partial charge in [-0.25, -0.2) is 0 Å². The monoisotopic (exact) mass is 409 g/mol. The van der Waals surface area contributed by atoms with Crippen LogP contribution in [0.1, 0.15) is 16.1 Å². The molecule has 0 fully saturated rings. The number of nitro benzene ring substituents is 1. The first-order valence-corrected chi connectivity index (χ1v) is 9.70. The van der Waals surface area contributed by atoms with Gasteiger partial charge in [0.05, 0.1) is 21.1 Å². The molecule has 1 heterocycles. The normalized spacial score (nSPS) is 13.4. The third-order valence-electron chi connectivity index (χ3n) is 4.35. The number of hydrogen-bond donors (Lipinski definition) is 0. The molecule has 0 amide bonds. The van der Waals surface area contributed by atoms with Gasteiger partial charge in [-0.15, -0.1) is 0 Å². The molecule has 1 aliphatic rings. The Bertz CT molecular complexity index is 1310. The molecule has 3 aromatic rings. The van der Waals surface area contributed by atoms with Crippen molar-refractivity contribution in [1.29, 1.82) is 0 Å². The van der Waals surface area contributed by atoms with Gasteiger partial charge in [-0.2, -0.15) is 17.6 Å². The van der Waals surface area contributed by atoms with Gasteiger partial charge in [0.25, 0.3) is 15.7 Å². The number of nitro groups is 1. The molecule has 4 rings (SSSR count). The SMILES string of the molecule is O=C1C=Cc2c(c(-c3ccccc3)nn2S(=O)(=O)c2ccc([N+](=O)[O-])cc2)C1=O. The van der Waals surface area contributed by atoms with Crippen LogP contribution in [0.3, 0.4) is 0 Å². The van der Waals surface area contributed by atoms with Gasteiger partial charge in [0.15, 0.2) is 0 Å². The maximum atomic E-state index is 13.1. The van der Waals surface area contributed by atoms with Gasteiger partial charge in [0, 0.05) is 17.7 Å². The van der Waals surface area contributed by atoms with E-state index in [-0.39, 0.29) is 27.5 Å². The second kappa shape index (κ2) is 6.60. The van der Waals surface area contributed by atoms with Crippen LogP contribution in [0.25, 0.3) is 17.3 Å². The molecule has 0 saturated carbocycles. The Kier molecular flexibility index (Phi) is 4.20. The zero-order valence-electron chi connectivity index (χ0n) is 14.6. The van der Waals surface area contributed by atoms with Crippen LogP contribution in [0, 0.1) is 10.1 Å². The third kappa shape index (κ3) is 2.95. The number of carbonyl (C=O) groups is 2. The minimum Gasteiger partial charge on any atom is -0.286 e. The highest BCUT2D eigenvalue weighted by Crippen LogP contribution is 2.32. The van der Waals surface area contributed by atoms with E-state index in [4.69, 9.17) is 0 Å². The Labute approximate surface area is 164 Å². The summed E-state index contributed by atoms with van der Waals surface area (Å²) in [6.07, 6.45) is 2.21. The van der Waals surface area contributed by atoms with Crippen LogP contribution in [0.15, 0.2) is 65.6 Å². The summed E-state index contributed by atoms with van der Waals surface area (Å²) < 4.78 is 26.9. The molecule has 0 radical (unpaired) electrons. The fraction of sp³-hybridized carbons (Fsp3) is 0. The lowest BCUT2D eigenvalue weighted by atomic mass is 9.96. The Morgan fingerprint density at radius 3 is 2.21 bits per heavy atom. The molecule has 0 atom stereocenters. The number of fused-ring (bicyclic) bond motifs is 1. The van der Waals surface area contributed by atoms with E-state index in [1.165, 1.54) is 6.08 Å². The highest BCUT2D eigenvalue weighted by Gasteiger charge is 2.34. The van der Waals surface area contributed by atoms with Gasteiger partial charge in [0.2, 0.25) is 11.6 Å². The number of non-ortho nitro benzene ring substituents is 1. The first kappa shape index (κ1) is 18.4. The standard InChI is InChI=1S/C19H11N3O6S/c23-16-11-10-15-17(19(16)24)18(12-4-2-1-3-5-12)20-21(15)29(27,28)14-8-6-13(7-9-14)22(25)26/h1-11H. The van der Waals surface area contributed by atoms with Crippen LogP contribution in [-0.2, 0) is 14.8 Å². The molecule has 0 unspecified atom stereocenters. The quantitative estimate of drug-likeness (QED) is 0.368. The van der Waals surface area contributed by atoms with E-state index >= 15 is 0 Å². The number of ketones is 2. The van der Waals surface area contributed by atoms with E-state index in [1.54, 1.807) is 30.3 Å². The van der Waals surface area contributed by atoms with Crippen molar-refractivity contribution >= 4 is 33.4 Å². The predicted molar refractivity (Wildman–Crippen MR) is 102 cm³/mol. The fourth-order valence-corrected chi connectivity index (χ4v) is 4.24. The number of nitrogens with zero attached hydrogens (tertiary/aromatic N) is 3. The Morgan fingerprint density at radius 2 is 1.59 bits per heavy atom. The first-order valence-electron chi connectivity index (χ1n) is 8.26. The maximum absolute atomic E-state index is 13.1. The summed E-state index contributed by atoms with van der Waals surface area (Å²) >= 11 is 0. The molecule has 0 N–H and O–H groups in total. The van der Waals surface area contributed by atoms with Gasteiger partial charge in [-0.05, 0) is 24.3 Å². The summed E-state index contributed by atoms with van der Waals surface area (Å²) in [6.45, 7) is 0. The van der Waals surface area contributed by atoms with Crippen molar-refractivity contribution in [3.05, 3.63) is 82.0 Å². The van der Waals surface area contributed by atoms with E-state index < -0.39 is 26.5 Å². The molecule has 10 heteroatoms. The molecule has 0 spiro atoms. The largest absolute Gasteiger partial charge is 0.286 e. The number of hydrogen-bond acceptors (Lipinski definition) is 7. The van der Waals surface area contributed by atoms with Gasteiger partial charge < -0.3 is 0 Å². The number of aromatic nitrogens is 2. The summed E-state index contributed by atoms with van der Waals surface area (Å²) in [6, 6.07) is 12.7. The Hall–Kier alpha value is -3.92. The lowest BCUT2D eigenvalue weighted by Gasteiger charge is -2.09. The van der Waals surface area contributed by atoms with Gasteiger partial charge >= 0.3 is 0 Å². The van der Waals surface area contributed by atoms with Gasteiger partial charge in [-0.1, -0.05) is 30.3 Å². The molecule has 2 aromatic carbocycles. The molecule has 0 aliphatic heterocycles. The summed E-state index contributed by atoms with van der Waals surface area (Å²) in [7, 11) is -4.28. The molecule has 144 valence electrons. The van der Waals surface area contributed by atoms with Crippen molar-refractivity contribution in [3.63, 3.8) is 0 Å². The third-order valence-corrected chi connectivity index (χ3v) is 5.96. The zero-order chi connectivity index (χ0) is 20.8. The fourth-order valence-electron chi connectivity index (χ4n) is 2.96. The minimum absolute atomic E-state index is 0.0493. The first-order chi connectivity index (χ1) is 13.8. The molecule has 1 aromatic heterocycles. The van der Waals surface area contributed by atoms with Crippen molar-refractivity contribution in [2.24, 2.45) is 0 Å². The van der Waals surface area contributed by atoms with Crippen LogP contribution in [-0.4, -0.2) is 34.1 Å². The van der Waals surface area contributed by atoms with Crippen molar-refractivity contribution in [3.8, 4) is 11.3 Å². The van der Waals surface area contributed by atoms with Crippen molar-refractivity contribution < 1.29 is 22.9 Å². The average molecular weight is 409 g/mol. The van der Waals surface area contributed by atoms with E-state index in [0.717, 1.165) is 30.3 Å². The zero-order valence-corrected chi connectivity index (χ0v) is 15.4. The van der Waals surface area contributed by atoms with E-state index in [2.05, 4.69) is 5.10 Å². The van der Waals surface area contributed by atoms with Gasteiger partial charge in [0.1, 0.15) is 5.69 Å². The lowest BCUT2D eigenvalue weighted by molar-refractivity contribution is -0.384. The highest BCUT2D eigenvalue weighted by molar-refractivity contribution is 7.89. The topological polar surface area (TPSA) is 129 Å². The smallest absolute Gasteiger partial charge is 0.283 e. The summed E-state index contributed by atoms with van der Waals surface area (Å²) in [5.74, 6) is -1.63. The Morgan fingerprint density at radius 1 is 0.931 bits per heavy atom. The summed E-state index contributed by atoms with van der Waals surface area (Å²) in [5, 5.41) is 14.9. The molecule has 0 bridgehead atoms. The van der Waals surface area contributed by atoms with Crippen LogP contribution in [0.2, 0.25) is 0 Å². The molecular weight excluding hydrogens is 398 g/mol. The number of Topliss-reactive ketones (excluding diaryl/α,β-unsaturated/α-hetero) is 1. The number of benzene rings is 2. The minimum atomic E-state index is -4.28. The molecule has 29 heavy (non-hydrogen) atoms. The van der Waals surface area contributed by atoms with Crippen LogP contribution in [0.5, 0.6) is 0 Å². The van der Waals surface area contributed by atoms with Crippen LogP contribution >= 0.6 is 0 Å². The van der Waals surface area contributed by atoms with Crippen molar-refractivity contribution in [2.75, 3.05) is 0 Å². The predicted octanol–water partition coefficient (Wildman–Crippen LogP) is 2.47. The number of rotatable bonds is 4. The number of allylic oxidation sites excluding steroid dienone is 1. The van der Waals surface area contributed by atoms with E-state index in [9.17, 15) is 28.1 Å². The summed E-state index contributed by atoms with van der Waals surface area (Å²) in [5.41, 5.74) is 0.115. The maximum Gasteiger partial charge on any atom is 0.283 e. The second-order valence-corrected chi connectivity index (χ2v) is 7.87. The van der Waals surface area contributed by atoms with Crippen LogP contribution < -0.4 is 0 Å². The molecule has 1 aliphatic carbocycles. The highest BCUT2D eigenvalue weighted by atomic mass is 32.2. The lowest BCUT2D eigenvalue weighted by Crippen LogP contribution is -2.20. The van der Waals surface area contributed by atoms with Gasteiger partial charge in [-0.3, -0.25) is 19.7 Å². The average Bonchev–Trinajstić information content (AvgIpc) is 3.12. The van der Waals surface area contributed by atoms with E-state index in [1.807, 2.05) is 0 Å². The molecule has 0 saturated heterocycles. The van der Waals surface area contributed by atoms with E-state index in [0.29, 0.717) is 9.65 Å². The van der Waals surface area contributed by atoms with Crippen molar-refractivity contribution in [1.82, 2.24) is 9.19 Å².